The van der Waals surface area contributed by atoms with E-state index in [2.05, 4.69) is 5.32 Å². The number of benzene rings is 2. The van der Waals surface area contributed by atoms with E-state index >= 15 is 0 Å². The fourth-order valence-electron chi connectivity index (χ4n) is 2.04. The third kappa shape index (κ3) is 4.39. The third-order valence-electron chi connectivity index (χ3n) is 3.30. The van der Waals surface area contributed by atoms with Gasteiger partial charge in [-0.05, 0) is 38.1 Å². The van der Waals surface area contributed by atoms with Crippen LogP contribution >= 0.6 is 0 Å². The van der Waals surface area contributed by atoms with Crippen molar-refractivity contribution in [1.29, 1.82) is 0 Å². The predicted molar refractivity (Wildman–Crippen MR) is 87.9 cm³/mol. The van der Waals surface area contributed by atoms with Crippen molar-refractivity contribution in [1.82, 2.24) is 0 Å². The quantitative estimate of drug-likeness (QED) is 0.517. The van der Waals surface area contributed by atoms with Gasteiger partial charge in [0.05, 0.1) is 10.5 Å². The van der Waals surface area contributed by atoms with Gasteiger partial charge in [0.2, 0.25) is 0 Å². The Morgan fingerprint density at radius 1 is 1.12 bits per heavy atom. The zero-order valence-corrected chi connectivity index (χ0v) is 13.2. The lowest BCUT2D eigenvalue weighted by atomic mass is 10.1. The summed E-state index contributed by atoms with van der Waals surface area (Å²) in [5.41, 5.74) is 2.09. The Kier molecular flexibility index (Phi) is 5.26. The lowest BCUT2D eigenvalue weighted by Crippen LogP contribution is -2.21. The van der Waals surface area contributed by atoms with Crippen molar-refractivity contribution in [2.24, 2.45) is 0 Å². The molecule has 0 spiro atoms. The number of anilines is 1. The van der Waals surface area contributed by atoms with Crippen LogP contribution in [-0.4, -0.2) is 23.4 Å². The van der Waals surface area contributed by atoms with Crippen molar-refractivity contribution >= 4 is 23.3 Å². The van der Waals surface area contributed by atoms with Gasteiger partial charge in [-0.25, -0.2) is 4.79 Å². The number of nitrogens with one attached hydrogen (secondary N) is 1. The monoisotopic (exact) mass is 328 g/mol. The Balaban J connectivity index is 1.92. The molecule has 0 aliphatic carbocycles. The fraction of sp³-hybridized carbons (Fsp3) is 0.176. The normalized spacial score (nSPS) is 10.1. The van der Waals surface area contributed by atoms with E-state index in [0.717, 1.165) is 5.56 Å². The molecule has 0 radical (unpaired) electrons. The lowest BCUT2D eigenvalue weighted by molar-refractivity contribution is -0.385. The number of nitro groups is 1. The topological polar surface area (TPSA) is 98.5 Å². The maximum absolute atomic E-state index is 11.9. The van der Waals surface area contributed by atoms with Crippen LogP contribution in [0.3, 0.4) is 0 Å². The number of carbonyl (C=O) groups is 2. The van der Waals surface area contributed by atoms with Crippen molar-refractivity contribution in [2.45, 2.75) is 13.8 Å². The Bertz CT molecular complexity index is 784. The van der Waals surface area contributed by atoms with Gasteiger partial charge in [0, 0.05) is 17.3 Å². The second-order valence-electron chi connectivity index (χ2n) is 5.25. The molecule has 0 aliphatic heterocycles. The highest BCUT2D eigenvalue weighted by molar-refractivity contribution is 5.95. The van der Waals surface area contributed by atoms with Crippen LogP contribution in [-0.2, 0) is 9.53 Å². The number of hydrogen-bond donors (Lipinski definition) is 1. The first-order valence-electron chi connectivity index (χ1n) is 7.15. The van der Waals surface area contributed by atoms with E-state index in [1.807, 2.05) is 19.1 Å². The molecular formula is C17H16N2O5. The van der Waals surface area contributed by atoms with E-state index < -0.39 is 23.4 Å². The SMILES string of the molecule is Cc1ccc(NC(=O)COC(=O)c2ccc([N+](=O)[O-])c(C)c2)cc1. The number of ether oxygens (including phenoxy) is 1. The summed E-state index contributed by atoms with van der Waals surface area (Å²) in [5.74, 6) is -1.18. The number of nitrogens with zero attached hydrogens (tertiary/aromatic N) is 1. The molecule has 0 saturated heterocycles. The van der Waals surface area contributed by atoms with Gasteiger partial charge < -0.3 is 10.1 Å². The minimum Gasteiger partial charge on any atom is -0.452 e. The third-order valence-corrected chi connectivity index (χ3v) is 3.30. The summed E-state index contributed by atoms with van der Waals surface area (Å²) in [7, 11) is 0. The molecule has 2 aromatic carbocycles. The van der Waals surface area contributed by atoms with Gasteiger partial charge >= 0.3 is 5.97 Å². The lowest BCUT2D eigenvalue weighted by Gasteiger charge is -2.07. The number of esters is 1. The van der Waals surface area contributed by atoms with Crippen molar-refractivity contribution < 1.29 is 19.2 Å². The molecule has 0 aromatic heterocycles. The van der Waals surface area contributed by atoms with Gasteiger partial charge in [0.25, 0.3) is 11.6 Å². The van der Waals surface area contributed by atoms with Gasteiger partial charge in [-0.15, -0.1) is 0 Å². The van der Waals surface area contributed by atoms with Gasteiger partial charge in [-0.1, -0.05) is 17.7 Å². The van der Waals surface area contributed by atoms with Crippen LogP contribution < -0.4 is 5.32 Å². The van der Waals surface area contributed by atoms with Gasteiger partial charge in [-0.2, -0.15) is 0 Å². The highest BCUT2D eigenvalue weighted by atomic mass is 16.6. The number of nitro benzene ring substituents is 1. The number of carbonyl (C=O) groups excluding carboxylic acids is 2. The molecule has 124 valence electrons. The summed E-state index contributed by atoms with van der Waals surface area (Å²) in [4.78, 5) is 33.9. The largest absolute Gasteiger partial charge is 0.452 e. The molecule has 7 heteroatoms. The second kappa shape index (κ2) is 7.36. The second-order valence-corrected chi connectivity index (χ2v) is 5.25. The summed E-state index contributed by atoms with van der Waals surface area (Å²) < 4.78 is 4.92. The van der Waals surface area contributed by atoms with Crippen molar-refractivity contribution in [3.05, 3.63) is 69.3 Å². The van der Waals surface area contributed by atoms with Crippen molar-refractivity contribution in [3.63, 3.8) is 0 Å². The molecule has 2 rings (SSSR count). The summed E-state index contributed by atoms with van der Waals surface area (Å²) in [6.07, 6.45) is 0. The van der Waals surface area contributed by atoms with Crippen LogP contribution in [0.25, 0.3) is 0 Å². The molecule has 0 unspecified atom stereocenters. The van der Waals surface area contributed by atoms with Crippen LogP contribution in [0.1, 0.15) is 21.5 Å². The summed E-state index contributed by atoms with van der Waals surface area (Å²) in [6.45, 7) is 3.02. The Morgan fingerprint density at radius 3 is 2.38 bits per heavy atom. The van der Waals surface area contributed by atoms with Crippen LogP contribution in [0.15, 0.2) is 42.5 Å². The summed E-state index contributed by atoms with van der Waals surface area (Å²) >= 11 is 0. The summed E-state index contributed by atoms with van der Waals surface area (Å²) in [5, 5.41) is 13.4. The van der Waals surface area contributed by atoms with Crippen molar-refractivity contribution in [2.75, 3.05) is 11.9 Å². The molecule has 24 heavy (non-hydrogen) atoms. The van der Waals surface area contributed by atoms with Gasteiger partial charge in [0.15, 0.2) is 6.61 Å². The molecule has 0 heterocycles. The van der Waals surface area contributed by atoms with Gasteiger partial charge in [0.1, 0.15) is 0 Å². The number of rotatable bonds is 5. The van der Waals surface area contributed by atoms with E-state index in [-0.39, 0.29) is 11.3 Å². The number of hydrogen-bond acceptors (Lipinski definition) is 5. The molecule has 0 bridgehead atoms. The van der Waals surface area contributed by atoms with Crippen LogP contribution in [0, 0.1) is 24.0 Å². The smallest absolute Gasteiger partial charge is 0.338 e. The standard InChI is InChI=1S/C17H16N2O5/c1-11-3-6-14(7-4-11)18-16(20)10-24-17(21)13-5-8-15(19(22)23)12(2)9-13/h3-9H,10H2,1-2H3,(H,18,20). The molecule has 0 aliphatic rings. The number of aryl methyl sites for hydroxylation is 2. The first kappa shape index (κ1) is 17.1. The van der Waals surface area contributed by atoms with E-state index in [1.54, 1.807) is 12.1 Å². The molecule has 7 nitrogen and oxygen atoms in total. The average molecular weight is 328 g/mol. The maximum Gasteiger partial charge on any atom is 0.338 e. The Labute approximate surface area is 138 Å². The zero-order chi connectivity index (χ0) is 17.7. The minimum absolute atomic E-state index is 0.0799. The first-order valence-corrected chi connectivity index (χ1v) is 7.15. The minimum atomic E-state index is -0.716. The molecule has 0 atom stereocenters. The average Bonchev–Trinajstić information content (AvgIpc) is 2.54. The fourth-order valence-corrected chi connectivity index (χ4v) is 2.04. The molecule has 1 amide bonds. The van der Waals surface area contributed by atoms with Gasteiger partial charge in [-0.3, -0.25) is 14.9 Å². The molecule has 1 N–H and O–H groups in total. The zero-order valence-electron chi connectivity index (χ0n) is 13.2. The van der Waals surface area contributed by atoms with Crippen LogP contribution in [0.5, 0.6) is 0 Å². The highest BCUT2D eigenvalue weighted by Gasteiger charge is 2.15. The molecule has 0 saturated carbocycles. The number of amides is 1. The van der Waals surface area contributed by atoms with Crippen LogP contribution in [0.2, 0.25) is 0 Å². The van der Waals surface area contributed by atoms with E-state index in [9.17, 15) is 19.7 Å². The Morgan fingerprint density at radius 2 is 1.79 bits per heavy atom. The Hall–Kier alpha value is -3.22. The maximum atomic E-state index is 11.9. The molecular weight excluding hydrogens is 312 g/mol. The van der Waals surface area contributed by atoms with E-state index in [4.69, 9.17) is 4.74 Å². The van der Waals surface area contributed by atoms with E-state index in [0.29, 0.717) is 11.3 Å². The molecule has 2 aromatic rings. The predicted octanol–water partition coefficient (Wildman–Crippen LogP) is 3.01. The molecule has 0 fully saturated rings. The highest BCUT2D eigenvalue weighted by Crippen LogP contribution is 2.19. The summed E-state index contributed by atoms with van der Waals surface area (Å²) in [6, 6.07) is 11.1. The van der Waals surface area contributed by atoms with Crippen LogP contribution in [0.4, 0.5) is 11.4 Å². The van der Waals surface area contributed by atoms with Crippen molar-refractivity contribution in [3.8, 4) is 0 Å². The first-order chi connectivity index (χ1) is 11.4. The van der Waals surface area contributed by atoms with E-state index in [1.165, 1.54) is 25.1 Å².